The van der Waals surface area contributed by atoms with E-state index in [0.29, 0.717) is 13.0 Å². The predicted octanol–water partition coefficient (Wildman–Crippen LogP) is -0.609. The molecule has 3 rings (SSSR count). The van der Waals surface area contributed by atoms with Crippen molar-refractivity contribution in [1.82, 2.24) is 15.5 Å². The van der Waals surface area contributed by atoms with Crippen LogP contribution in [0.15, 0.2) is 0 Å². The molecule has 0 aromatic rings. The van der Waals surface area contributed by atoms with E-state index in [9.17, 15) is 14.4 Å². The largest absolute Gasteiger partial charge is 0.351 e. The Kier molecular flexibility index (Phi) is 2.59. The number of piperidine rings is 1. The van der Waals surface area contributed by atoms with Crippen LogP contribution < -0.4 is 10.6 Å². The molecule has 2 N–H and O–H groups in total. The fourth-order valence-electron chi connectivity index (χ4n) is 3.44. The van der Waals surface area contributed by atoms with Gasteiger partial charge in [-0.1, -0.05) is 0 Å². The van der Waals surface area contributed by atoms with E-state index < -0.39 is 5.54 Å². The molecule has 3 saturated heterocycles. The summed E-state index contributed by atoms with van der Waals surface area (Å²) in [7, 11) is 0. The zero-order valence-electron chi connectivity index (χ0n) is 11.2. The maximum Gasteiger partial charge on any atom is 0.243 e. The highest BCUT2D eigenvalue weighted by Gasteiger charge is 2.49. The third-order valence-electron chi connectivity index (χ3n) is 4.55. The average Bonchev–Trinajstić information content (AvgIpc) is 2.76. The van der Waals surface area contributed by atoms with E-state index in [2.05, 4.69) is 10.6 Å². The predicted molar refractivity (Wildman–Crippen MR) is 67.0 cm³/mol. The van der Waals surface area contributed by atoms with Gasteiger partial charge in [0, 0.05) is 24.5 Å². The van der Waals surface area contributed by atoms with Gasteiger partial charge in [0.05, 0.1) is 5.92 Å². The van der Waals surface area contributed by atoms with E-state index in [0.717, 1.165) is 6.42 Å². The lowest BCUT2D eigenvalue weighted by molar-refractivity contribution is -0.144. The topological polar surface area (TPSA) is 78.5 Å². The first-order chi connectivity index (χ1) is 8.88. The van der Waals surface area contributed by atoms with Crippen LogP contribution in [-0.2, 0) is 14.4 Å². The van der Waals surface area contributed by atoms with E-state index in [-0.39, 0.29) is 42.1 Å². The van der Waals surface area contributed by atoms with Gasteiger partial charge in [-0.25, -0.2) is 0 Å². The lowest BCUT2D eigenvalue weighted by atomic mass is 9.86. The number of carbonyl (C=O) groups excluding carboxylic acids is 3. The van der Waals surface area contributed by atoms with Crippen molar-refractivity contribution in [1.29, 1.82) is 0 Å². The van der Waals surface area contributed by atoms with Gasteiger partial charge in [-0.05, 0) is 26.7 Å². The Labute approximate surface area is 111 Å². The van der Waals surface area contributed by atoms with Crippen molar-refractivity contribution in [2.24, 2.45) is 5.92 Å². The lowest BCUT2D eigenvalue weighted by Gasteiger charge is -2.36. The number of hydrogen-bond donors (Lipinski definition) is 2. The molecule has 3 heterocycles. The van der Waals surface area contributed by atoms with E-state index in [1.807, 2.05) is 13.8 Å². The maximum absolute atomic E-state index is 12.6. The molecule has 6 heteroatoms. The normalized spacial score (nSPS) is 36.1. The van der Waals surface area contributed by atoms with Crippen LogP contribution in [0.25, 0.3) is 0 Å². The molecule has 3 amide bonds. The first kappa shape index (κ1) is 12.4. The van der Waals surface area contributed by atoms with Gasteiger partial charge in [-0.15, -0.1) is 0 Å². The summed E-state index contributed by atoms with van der Waals surface area (Å²) >= 11 is 0. The second-order valence-corrected chi connectivity index (χ2v) is 6.30. The van der Waals surface area contributed by atoms with Gasteiger partial charge in [-0.3, -0.25) is 14.4 Å². The summed E-state index contributed by atoms with van der Waals surface area (Å²) < 4.78 is 0. The Hall–Kier alpha value is -1.59. The summed E-state index contributed by atoms with van der Waals surface area (Å²) in [6, 6.07) is -0.115. The fourth-order valence-corrected chi connectivity index (χ4v) is 3.44. The Balaban J connectivity index is 1.80. The molecule has 3 aliphatic heterocycles. The molecule has 6 nitrogen and oxygen atoms in total. The third-order valence-corrected chi connectivity index (χ3v) is 4.55. The second kappa shape index (κ2) is 3.95. The van der Waals surface area contributed by atoms with Crippen molar-refractivity contribution >= 4 is 17.7 Å². The Morgan fingerprint density at radius 3 is 2.74 bits per heavy atom. The highest BCUT2D eigenvalue weighted by Crippen LogP contribution is 2.32. The van der Waals surface area contributed by atoms with Crippen molar-refractivity contribution < 1.29 is 14.4 Å². The number of hydrogen-bond acceptors (Lipinski definition) is 3. The summed E-state index contributed by atoms with van der Waals surface area (Å²) in [5.74, 6) is -0.575. The van der Waals surface area contributed by atoms with Gasteiger partial charge in [0.2, 0.25) is 17.7 Å². The van der Waals surface area contributed by atoms with Gasteiger partial charge >= 0.3 is 0 Å². The quantitative estimate of drug-likeness (QED) is 0.664. The molecule has 19 heavy (non-hydrogen) atoms. The molecule has 3 unspecified atom stereocenters. The maximum atomic E-state index is 12.6. The van der Waals surface area contributed by atoms with Crippen LogP contribution in [0.3, 0.4) is 0 Å². The van der Waals surface area contributed by atoms with Crippen LogP contribution in [0.1, 0.15) is 33.1 Å². The van der Waals surface area contributed by atoms with Crippen molar-refractivity contribution in [2.45, 2.75) is 50.7 Å². The third kappa shape index (κ3) is 1.89. The van der Waals surface area contributed by atoms with Crippen LogP contribution in [-0.4, -0.2) is 46.8 Å². The molecule has 104 valence electrons. The summed E-state index contributed by atoms with van der Waals surface area (Å²) in [6.07, 6.45) is 1.74. The van der Waals surface area contributed by atoms with E-state index in [1.165, 1.54) is 0 Å². The van der Waals surface area contributed by atoms with Crippen LogP contribution in [0.5, 0.6) is 0 Å². The highest BCUT2D eigenvalue weighted by molar-refractivity contribution is 5.95. The number of nitrogens with one attached hydrogen (secondary N) is 2. The van der Waals surface area contributed by atoms with Crippen LogP contribution >= 0.6 is 0 Å². The van der Waals surface area contributed by atoms with Gasteiger partial charge in [-0.2, -0.15) is 0 Å². The Morgan fingerprint density at radius 2 is 2.11 bits per heavy atom. The number of amides is 3. The summed E-state index contributed by atoms with van der Waals surface area (Å²) in [5, 5.41) is 5.74. The molecule has 0 radical (unpaired) electrons. The van der Waals surface area contributed by atoms with Gasteiger partial charge in [0.1, 0.15) is 6.04 Å². The van der Waals surface area contributed by atoms with Crippen LogP contribution in [0.2, 0.25) is 0 Å². The minimum Gasteiger partial charge on any atom is -0.351 e. The van der Waals surface area contributed by atoms with Crippen LogP contribution in [0, 0.1) is 5.92 Å². The number of carbonyl (C=O) groups is 3. The van der Waals surface area contributed by atoms with Crippen molar-refractivity contribution in [3.05, 3.63) is 0 Å². The molecular weight excluding hydrogens is 246 g/mol. The number of likely N-dealkylation sites (tertiary alicyclic amines) is 1. The molecule has 0 spiro atoms. The molecule has 3 aliphatic rings. The molecular formula is C13H19N3O3. The molecule has 0 aromatic carbocycles. The highest BCUT2D eigenvalue weighted by atomic mass is 16.2. The Bertz CT molecular complexity index is 460. The first-order valence-electron chi connectivity index (χ1n) is 6.80. The molecule has 3 atom stereocenters. The van der Waals surface area contributed by atoms with Gasteiger partial charge in [0.15, 0.2) is 0 Å². The second-order valence-electron chi connectivity index (χ2n) is 6.30. The van der Waals surface area contributed by atoms with Crippen molar-refractivity contribution in [3.63, 3.8) is 0 Å². The summed E-state index contributed by atoms with van der Waals surface area (Å²) in [6.45, 7) is 4.33. The monoisotopic (exact) mass is 265 g/mol. The minimum absolute atomic E-state index is 0.0501. The van der Waals surface area contributed by atoms with Gasteiger partial charge < -0.3 is 15.5 Å². The number of fused-ring (bicyclic) bond motifs is 2. The van der Waals surface area contributed by atoms with Crippen molar-refractivity contribution in [3.8, 4) is 0 Å². The van der Waals surface area contributed by atoms with Crippen LogP contribution in [0.4, 0.5) is 0 Å². The molecule has 3 fully saturated rings. The standard InChI is InChI=1S/C13H19N3O3/c1-13(2)8(6-10(17)15-13)12(19)16-4-3-7-5-9(16)11(18)14-7/h7-9H,3-6H2,1-2H3,(H,14,18)(H,15,17). The van der Waals surface area contributed by atoms with Gasteiger partial charge in [0.25, 0.3) is 0 Å². The average molecular weight is 265 g/mol. The zero-order valence-corrected chi connectivity index (χ0v) is 11.2. The smallest absolute Gasteiger partial charge is 0.243 e. The number of rotatable bonds is 1. The van der Waals surface area contributed by atoms with Crippen molar-refractivity contribution in [2.75, 3.05) is 6.54 Å². The van der Waals surface area contributed by atoms with E-state index >= 15 is 0 Å². The summed E-state index contributed by atoms with van der Waals surface area (Å²) in [4.78, 5) is 37.7. The molecule has 0 aliphatic carbocycles. The Morgan fingerprint density at radius 1 is 1.37 bits per heavy atom. The lowest BCUT2D eigenvalue weighted by Crippen LogP contribution is -2.53. The number of nitrogens with zero attached hydrogens (tertiary/aromatic N) is 1. The summed E-state index contributed by atoms with van der Waals surface area (Å²) in [5.41, 5.74) is -0.528. The molecule has 0 aromatic heterocycles. The molecule has 2 bridgehead atoms. The zero-order chi connectivity index (χ0) is 13.8. The SMILES string of the molecule is CC1(C)NC(=O)CC1C(=O)N1CCC2CC1C(=O)N2. The minimum atomic E-state index is -0.528. The molecule has 0 saturated carbocycles. The fraction of sp³-hybridized carbons (Fsp3) is 0.769. The van der Waals surface area contributed by atoms with E-state index in [4.69, 9.17) is 0 Å². The van der Waals surface area contributed by atoms with E-state index in [1.54, 1.807) is 4.90 Å². The first-order valence-corrected chi connectivity index (χ1v) is 6.80.